The lowest BCUT2D eigenvalue weighted by atomic mass is 9.79. The molecule has 4 rings (SSSR count). The molecule has 3 fully saturated rings. The second kappa shape index (κ2) is 8.08. The van der Waals surface area contributed by atoms with Gasteiger partial charge in [-0.2, -0.15) is 13.2 Å². The maximum absolute atomic E-state index is 13.1. The fraction of sp³-hybridized carbons (Fsp3) is 0.714. The maximum Gasteiger partial charge on any atom is 0.419 e. The molecule has 3 heterocycles. The number of nitrogens with one attached hydrogen (secondary N) is 1. The van der Waals surface area contributed by atoms with Crippen molar-refractivity contribution >= 4 is 17.9 Å². The van der Waals surface area contributed by atoms with Crippen molar-refractivity contribution in [1.82, 2.24) is 20.2 Å². The molecular formula is C21H28F3N5O3. The highest BCUT2D eigenvalue weighted by molar-refractivity contribution is 5.81. The minimum atomic E-state index is -4.47. The van der Waals surface area contributed by atoms with Crippen LogP contribution in [0.1, 0.15) is 52.0 Å². The summed E-state index contributed by atoms with van der Waals surface area (Å²) in [6, 6.07) is -0.0895. The normalized spacial score (nSPS) is 27.7. The fourth-order valence-corrected chi connectivity index (χ4v) is 4.68. The summed E-state index contributed by atoms with van der Waals surface area (Å²) in [4.78, 5) is 36.6. The fourth-order valence-electron chi connectivity index (χ4n) is 4.68. The van der Waals surface area contributed by atoms with E-state index in [1.54, 1.807) is 20.8 Å². The number of hydrogen-bond donors (Lipinski definition) is 1. The third-order valence-corrected chi connectivity index (χ3v) is 6.19. The zero-order chi connectivity index (χ0) is 23.3. The van der Waals surface area contributed by atoms with Crippen LogP contribution in [0.5, 0.6) is 0 Å². The van der Waals surface area contributed by atoms with E-state index >= 15 is 0 Å². The molecule has 1 saturated carbocycles. The molecule has 11 heteroatoms. The van der Waals surface area contributed by atoms with E-state index < -0.39 is 23.4 Å². The minimum Gasteiger partial charge on any atom is -0.444 e. The number of piperazine rings is 1. The molecule has 1 aromatic heterocycles. The molecule has 1 aliphatic carbocycles. The van der Waals surface area contributed by atoms with Crippen molar-refractivity contribution in [2.75, 3.05) is 18.0 Å². The van der Waals surface area contributed by atoms with Gasteiger partial charge in [0.05, 0.1) is 5.56 Å². The van der Waals surface area contributed by atoms with Crippen molar-refractivity contribution in [3.8, 4) is 0 Å². The quantitative estimate of drug-likeness (QED) is 0.754. The first-order valence-corrected chi connectivity index (χ1v) is 10.9. The molecule has 2 amide bonds. The third kappa shape index (κ3) is 4.75. The van der Waals surface area contributed by atoms with Crippen LogP contribution in [0.4, 0.5) is 23.9 Å². The van der Waals surface area contributed by atoms with Gasteiger partial charge >= 0.3 is 12.3 Å². The van der Waals surface area contributed by atoms with E-state index in [4.69, 9.17) is 4.74 Å². The number of ether oxygens (including phenoxy) is 1. The number of alkyl halides is 3. The Kier molecular flexibility index (Phi) is 5.70. The second-order valence-electron chi connectivity index (χ2n) is 9.82. The topological polar surface area (TPSA) is 87.7 Å². The molecule has 1 aromatic rings. The lowest BCUT2D eigenvalue weighted by Crippen LogP contribution is -2.60. The van der Waals surface area contributed by atoms with Crippen molar-refractivity contribution in [1.29, 1.82) is 0 Å². The van der Waals surface area contributed by atoms with Crippen LogP contribution >= 0.6 is 0 Å². The monoisotopic (exact) mass is 455 g/mol. The number of halogens is 3. The predicted octanol–water partition coefficient (Wildman–Crippen LogP) is 2.98. The molecule has 1 unspecified atom stereocenters. The number of amides is 2. The Morgan fingerprint density at radius 2 is 1.62 bits per heavy atom. The van der Waals surface area contributed by atoms with Crippen LogP contribution in [-0.4, -0.2) is 63.7 Å². The number of alkyl carbamates (subject to hydrolysis) is 1. The molecule has 176 valence electrons. The molecule has 3 aliphatic rings. The molecule has 2 atom stereocenters. The molecule has 0 aromatic carbocycles. The zero-order valence-electron chi connectivity index (χ0n) is 18.4. The average Bonchev–Trinajstić information content (AvgIpc) is 2.91. The van der Waals surface area contributed by atoms with Gasteiger partial charge in [-0.3, -0.25) is 4.79 Å². The number of anilines is 1. The van der Waals surface area contributed by atoms with Gasteiger partial charge in [-0.15, -0.1) is 0 Å². The van der Waals surface area contributed by atoms with Gasteiger partial charge in [-0.1, -0.05) is 0 Å². The van der Waals surface area contributed by atoms with Crippen molar-refractivity contribution < 1.29 is 27.5 Å². The summed E-state index contributed by atoms with van der Waals surface area (Å²) < 4.78 is 43.5. The van der Waals surface area contributed by atoms with Crippen molar-refractivity contribution in [2.45, 2.75) is 76.4 Å². The molecule has 2 aliphatic heterocycles. The van der Waals surface area contributed by atoms with Crippen LogP contribution in [0.25, 0.3) is 0 Å². The minimum absolute atomic E-state index is 0.00925. The van der Waals surface area contributed by atoms with Gasteiger partial charge in [0, 0.05) is 49.5 Å². The molecule has 2 bridgehead atoms. The standard InChI is InChI=1S/C21H28F3N5O3/c1-20(2,3)32-19(31)27-14-6-12(7-14)17(30)29-15-4-5-16(29)11-28(10-15)18-25-8-13(9-26-18)21(22,23)24/h8-9,12,14-16H,4-7,10-11H2,1-3H3,(H,27,31)/t12?,14?,15-,16?/m1/s1. The zero-order valence-corrected chi connectivity index (χ0v) is 18.4. The van der Waals surface area contributed by atoms with Crippen molar-refractivity contribution in [2.24, 2.45) is 5.92 Å². The Hall–Kier alpha value is -2.59. The molecule has 8 nitrogen and oxygen atoms in total. The molecule has 1 N–H and O–H groups in total. The van der Waals surface area contributed by atoms with Crippen LogP contribution in [0, 0.1) is 5.92 Å². The van der Waals surface area contributed by atoms with Crippen LogP contribution in [0.3, 0.4) is 0 Å². The Labute approximate surface area is 184 Å². The summed E-state index contributed by atoms with van der Waals surface area (Å²) in [7, 11) is 0. The summed E-state index contributed by atoms with van der Waals surface area (Å²) in [6.45, 7) is 6.39. The van der Waals surface area contributed by atoms with Crippen molar-refractivity contribution in [3.05, 3.63) is 18.0 Å². The number of carbonyl (C=O) groups is 2. The van der Waals surface area contributed by atoms with Gasteiger partial charge in [-0.25, -0.2) is 14.8 Å². The van der Waals surface area contributed by atoms with E-state index in [2.05, 4.69) is 15.3 Å². The summed E-state index contributed by atoms with van der Waals surface area (Å²) in [5.74, 6) is 0.215. The predicted molar refractivity (Wildman–Crippen MR) is 109 cm³/mol. The van der Waals surface area contributed by atoms with E-state index in [0.717, 1.165) is 25.2 Å². The van der Waals surface area contributed by atoms with Crippen molar-refractivity contribution in [3.63, 3.8) is 0 Å². The smallest absolute Gasteiger partial charge is 0.419 e. The number of hydrogen-bond acceptors (Lipinski definition) is 6. The van der Waals surface area contributed by atoms with Crippen LogP contribution in [-0.2, 0) is 15.7 Å². The molecule has 0 spiro atoms. The Morgan fingerprint density at radius 3 is 2.12 bits per heavy atom. The van der Waals surface area contributed by atoms with Gasteiger partial charge in [0.15, 0.2) is 0 Å². The second-order valence-corrected chi connectivity index (χ2v) is 9.82. The van der Waals surface area contributed by atoms with Crippen LogP contribution < -0.4 is 10.2 Å². The van der Waals surface area contributed by atoms with Gasteiger partial charge in [0.1, 0.15) is 5.60 Å². The molecule has 32 heavy (non-hydrogen) atoms. The highest BCUT2D eigenvalue weighted by atomic mass is 19.4. The highest BCUT2D eigenvalue weighted by Gasteiger charge is 2.47. The summed E-state index contributed by atoms with van der Waals surface area (Å²) in [6.07, 6.45) is -0.485. The lowest BCUT2D eigenvalue weighted by Gasteiger charge is -2.45. The maximum atomic E-state index is 13.1. The van der Waals surface area contributed by atoms with Gasteiger partial charge in [-0.05, 0) is 46.5 Å². The Morgan fingerprint density at radius 1 is 1.06 bits per heavy atom. The first kappa shape index (κ1) is 22.6. The van der Waals surface area contributed by atoms with E-state index in [-0.39, 0.29) is 35.9 Å². The van der Waals surface area contributed by atoms with Crippen LogP contribution in [0.15, 0.2) is 12.4 Å². The SMILES string of the molecule is CC(C)(C)OC(=O)NC1CC(C(=O)N2C3CC[C@@H]2CN(c2ncc(C(F)(F)F)cn2)C3)C1. The Balaban J connectivity index is 1.31. The highest BCUT2D eigenvalue weighted by Crippen LogP contribution is 2.37. The Bertz CT molecular complexity index is 851. The summed E-state index contributed by atoms with van der Waals surface area (Å²) >= 11 is 0. The van der Waals surface area contributed by atoms with Gasteiger partial charge in [0.25, 0.3) is 0 Å². The van der Waals surface area contributed by atoms with Crippen LogP contribution in [0.2, 0.25) is 0 Å². The van der Waals surface area contributed by atoms with Gasteiger partial charge < -0.3 is 19.9 Å². The number of carbonyl (C=O) groups excluding carboxylic acids is 2. The largest absolute Gasteiger partial charge is 0.444 e. The lowest BCUT2D eigenvalue weighted by molar-refractivity contribution is -0.142. The van der Waals surface area contributed by atoms with E-state index in [9.17, 15) is 22.8 Å². The van der Waals surface area contributed by atoms with E-state index in [1.807, 2.05) is 9.80 Å². The number of nitrogens with zero attached hydrogens (tertiary/aromatic N) is 4. The van der Waals surface area contributed by atoms with E-state index in [0.29, 0.717) is 25.9 Å². The number of aromatic nitrogens is 2. The average molecular weight is 455 g/mol. The van der Waals surface area contributed by atoms with Gasteiger partial charge in [0.2, 0.25) is 11.9 Å². The first-order chi connectivity index (χ1) is 14.9. The first-order valence-electron chi connectivity index (χ1n) is 10.9. The third-order valence-electron chi connectivity index (χ3n) is 6.19. The number of rotatable bonds is 3. The molecule has 2 saturated heterocycles. The number of fused-ring (bicyclic) bond motifs is 2. The van der Waals surface area contributed by atoms with E-state index in [1.165, 1.54) is 0 Å². The molecular weight excluding hydrogens is 427 g/mol. The summed E-state index contributed by atoms with van der Waals surface area (Å²) in [5.41, 5.74) is -1.45. The molecule has 0 radical (unpaired) electrons. The summed E-state index contributed by atoms with van der Waals surface area (Å²) in [5, 5.41) is 2.81.